The van der Waals surface area contributed by atoms with Gasteiger partial charge in [-0.15, -0.1) is 0 Å². The molecule has 3 aromatic rings. The standard InChI is InChI=1S/C20H18O5S/c1-14-18(10-11-25-14)15-8-9-16(19(12-15)20(21)24-2)13-26(22,23)17-6-4-3-5-7-17/h3-12H,13H2,1-2H3. The molecule has 1 aromatic heterocycles. The van der Waals surface area contributed by atoms with E-state index >= 15 is 0 Å². The lowest BCUT2D eigenvalue weighted by Crippen LogP contribution is -2.11. The summed E-state index contributed by atoms with van der Waals surface area (Å²) in [6.07, 6.45) is 1.57. The van der Waals surface area contributed by atoms with E-state index in [0.717, 1.165) is 11.1 Å². The van der Waals surface area contributed by atoms with Crippen molar-refractivity contribution in [3.63, 3.8) is 0 Å². The second-order valence-corrected chi connectivity index (χ2v) is 7.82. The maximum absolute atomic E-state index is 12.7. The summed E-state index contributed by atoms with van der Waals surface area (Å²) in [5.74, 6) is -0.150. The average Bonchev–Trinajstić information content (AvgIpc) is 3.08. The topological polar surface area (TPSA) is 73.6 Å². The van der Waals surface area contributed by atoms with Gasteiger partial charge < -0.3 is 9.15 Å². The fraction of sp³-hybridized carbons (Fsp3) is 0.150. The summed E-state index contributed by atoms with van der Waals surface area (Å²) in [4.78, 5) is 12.4. The number of rotatable bonds is 5. The number of benzene rings is 2. The van der Waals surface area contributed by atoms with E-state index < -0.39 is 15.8 Å². The van der Waals surface area contributed by atoms with Crippen molar-refractivity contribution in [1.82, 2.24) is 0 Å². The highest BCUT2D eigenvalue weighted by atomic mass is 32.2. The molecule has 0 aliphatic rings. The van der Waals surface area contributed by atoms with Crippen molar-refractivity contribution in [2.75, 3.05) is 7.11 Å². The van der Waals surface area contributed by atoms with Crippen LogP contribution in [0.5, 0.6) is 0 Å². The number of hydrogen-bond donors (Lipinski definition) is 0. The molecule has 0 unspecified atom stereocenters. The number of esters is 1. The molecule has 0 saturated heterocycles. The third kappa shape index (κ3) is 3.55. The quantitative estimate of drug-likeness (QED) is 0.634. The van der Waals surface area contributed by atoms with Crippen molar-refractivity contribution in [2.45, 2.75) is 17.6 Å². The smallest absolute Gasteiger partial charge is 0.338 e. The molecule has 0 N–H and O–H groups in total. The summed E-state index contributed by atoms with van der Waals surface area (Å²) in [6.45, 7) is 1.82. The Bertz CT molecular complexity index is 1030. The van der Waals surface area contributed by atoms with E-state index in [2.05, 4.69) is 0 Å². The molecule has 2 aromatic carbocycles. The highest BCUT2D eigenvalue weighted by molar-refractivity contribution is 7.90. The number of hydrogen-bond acceptors (Lipinski definition) is 5. The molecule has 0 saturated carbocycles. The molecule has 3 rings (SSSR count). The Kier molecular flexibility index (Phi) is 4.95. The predicted octanol–water partition coefficient (Wildman–Crippen LogP) is 4.02. The predicted molar refractivity (Wildman–Crippen MR) is 97.6 cm³/mol. The fourth-order valence-corrected chi connectivity index (χ4v) is 4.17. The van der Waals surface area contributed by atoms with Gasteiger partial charge in [0.2, 0.25) is 0 Å². The monoisotopic (exact) mass is 370 g/mol. The first-order valence-electron chi connectivity index (χ1n) is 7.96. The molecule has 0 aliphatic carbocycles. The Morgan fingerprint density at radius 3 is 2.42 bits per heavy atom. The van der Waals surface area contributed by atoms with Gasteiger partial charge in [-0.3, -0.25) is 0 Å². The van der Waals surface area contributed by atoms with Crippen molar-refractivity contribution < 1.29 is 22.4 Å². The van der Waals surface area contributed by atoms with E-state index in [0.29, 0.717) is 11.3 Å². The van der Waals surface area contributed by atoms with Gasteiger partial charge in [0.05, 0.1) is 29.6 Å². The first-order valence-corrected chi connectivity index (χ1v) is 9.61. The minimum absolute atomic E-state index is 0.213. The number of furan rings is 1. The minimum atomic E-state index is -3.58. The second kappa shape index (κ2) is 7.17. The zero-order chi connectivity index (χ0) is 18.7. The fourth-order valence-electron chi connectivity index (χ4n) is 2.77. The summed E-state index contributed by atoms with van der Waals surface area (Å²) < 4.78 is 35.5. The van der Waals surface area contributed by atoms with Crippen LogP contribution in [0.25, 0.3) is 11.1 Å². The van der Waals surface area contributed by atoms with Crippen LogP contribution in [-0.4, -0.2) is 21.5 Å². The van der Waals surface area contributed by atoms with Gasteiger partial charge in [-0.1, -0.05) is 30.3 Å². The Balaban J connectivity index is 2.04. The van der Waals surface area contributed by atoms with Gasteiger partial charge in [-0.05, 0) is 42.3 Å². The highest BCUT2D eigenvalue weighted by Crippen LogP contribution is 2.28. The van der Waals surface area contributed by atoms with E-state index in [1.807, 2.05) is 6.92 Å². The van der Waals surface area contributed by atoms with Crippen LogP contribution in [0.3, 0.4) is 0 Å². The molecule has 134 valence electrons. The molecular weight excluding hydrogens is 352 g/mol. The average molecular weight is 370 g/mol. The summed E-state index contributed by atoms with van der Waals surface area (Å²) >= 11 is 0. The highest BCUT2D eigenvalue weighted by Gasteiger charge is 2.21. The molecule has 0 spiro atoms. The van der Waals surface area contributed by atoms with Gasteiger partial charge in [-0.25, -0.2) is 13.2 Å². The van der Waals surface area contributed by atoms with Crippen LogP contribution < -0.4 is 0 Å². The molecule has 1 heterocycles. The van der Waals surface area contributed by atoms with E-state index in [4.69, 9.17) is 9.15 Å². The van der Waals surface area contributed by atoms with E-state index in [1.165, 1.54) is 19.2 Å². The van der Waals surface area contributed by atoms with E-state index in [9.17, 15) is 13.2 Å². The lowest BCUT2D eigenvalue weighted by Gasteiger charge is -2.11. The number of aryl methyl sites for hydroxylation is 1. The number of carbonyl (C=O) groups is 1. The van der Waals surface area contributed by atoms with Crippen molar-refractivity contribution in [3.05, 3.63) is 77.7 Å². The van der Waals surface area contributed by atoms with Gasteiger partial charge in [0.15, 0.2) is 9.84 Å². The largest absolute Gasteiger partial charge is 0.469 e. The van der Waals surface area contributed by atoms with Gasteiger partial charge in [0.1, 0.15) is 5.76 Å². The minimum Gasteiger partial charge on any atom is -0.469 e. The third-order valence-electron chi connectivity index (χ3n) is 4.13. The van der Waals surface area contributed by atoms with Crippen LogP contribution in [0.1, 0.15) is 21.7 Å². The summed E-state index contributed by atoms with van der Waals surface area (Å²) in [6, 6.07) is 15.0. The van der Waals surface area contributed by atoms with Crippen LogP contribution in [0.2, 0.25) is 0 Å². The van der Waals surface area contributed by atoms with Crippen LogP contribution in [-0.2, 0) is 20.3 Å². The lowest BCUT2D eigenvalue weighted by molar-refractivity contribution is 0.0600. The Hall–Kier alpha value is -2.86. The van der Waals surface area contributed by atoms with Gasteiger partial charge in [-0.2, -0.15) is 0 Å². The maximum atomic E-state index is 12.7. The molecule has 5 nitrogen and oxygen atoms in total. The molecule has 0 bridgehead atoms. The Morgan fingerprint density at radius 2 is 1.81 bits per heavy atom. The maximum Gasteiger partial charge on any atom is 0.338 e. The Labute approximate surface area is 152 Å². The lowest BCUT2D eigenvalue weighted by atomic mass is 10.00. The molecule has 0 fully saturated rings. The van der Waals surface area contributed by atoms with E-state index in [-0.39, 0.29) is 16.2 Å². The molecule has 0 amide bonds. The molecule has 0 aliphatic heterocycles. The number of carbonyl (C=O) groups excluding carboxylic acids is 1. The molecular formula is C20H18O5S. The summed E-state index contributed by atoms with van der Waals surface area (Å²) in [5.41, 5.74) is 2.22. The Morgan fingerprint density at radius 1 is 1.08 bits per heavy atom. The molecule has 0 radical (unpaired) electrons. The van der Waals surface area contributed by atoms with Crippen molar-refractivity contribution in [3.8, 4) is 11.1 Å². The number of methoxy groups -OCH3 is 1. The van der Waals surface area contributed by atoms with Crippen LogP contribution >= 0.6 is 0 Å². The van der Waals surface area contributed by atoms with Crippen molar-refractivity contribution in [1.29, 1.82) is 0 Å². The van der Waals surface area contributed by atoms with Crippen molar-refractivity contribution >= 4 is 15.8 Å². The summed E-state index contributed by atoms with van der Waals surface area (Å²) in [7, 11) is -2.31. The van der Waals surface area contributed by atoms with Crippen LogP contribution in [0.15, 0.2) is 70.2 Å². The molecule has 26 heavy (non-hydrogen) atoms. The zero-order valence-electron chi connectivity index (χ0n) is 14.4. The second-order valence-electron chi connectivity index (χ2n) is 5.83. The van der Waals surface area contributed by atoms with Crippen LogP contribution in [0, 0.1) is 6.92 Å². The van der Waals surface area contributed by atoms with Crippen LogP contribution in [0.4, 0.5) is 0 Å². The normalized spacial score (nSPS) is 11.3. The molecule has 6 heteroatoms. The van der Waals surface area contributed by atoms with Gasteiger partial charge in [0.25, 0.3) is 0 Å². The molecule has 0 atom stereocenters. The summed E-state index contributed by atoms with van der Waals surface area (Å²) in [5, 5.41) is 0. The number of ether oxygens (including phenoxy) is 1. The van der Waals surface area contributed by atoms with Gasteiger partial charge in [0, 0.05) is 5.56 Å². The zero-order valence-corrected chi connectivity index (χ0v) is 15.2. The van der Waals surface area contributed by atoms with Gasteiger partial charge >= 0.3 is 5.97 Å². The number of sulfone groups is 1. The van der Waals surface area contributed by atoms with E-state index in [1.54, 1.807) is 48.7 Å². The SMILES string of the molecule is COC(=O)c1cc(-c2ccoc2C)ccc1CS(=O)(=O)c1ccccc1. The first kappa shape index (κ1) is 17.9. The van der Waals surface area contributed by atoms with Crippen molar-refractivity contribution in [2.24, 2.45) is 0 Å². The first-order chi connectivity index (χ1) is 12.4. The third-order valence-corrected chi connectivity index (χ3v) is 5.81.